The minimum atomic E-state index is -4.37. The van der Waals surface area contributed by atoms with Gasteiger partial charge >= 0.3 is 7.82 Å². The van der Waals surface area contributed by atoms with E-state index in [-0.39, 0.29) is 25.5 Å². The minimum absolute atomic E-state index is 0.0404. The monoisotopic (exact) mass is 890 g/mol. The number of phosphoric ester groups is 1. The van der Waals surface area contributed by atoms with Gasteiger partial charge in [0, 0.05) is 6.42 Å². The Balaban J connectivity index is 4.32. The van der Waals surface area contributed by atoms with E-state index in [0.29, 0.717) is 17.4 Å². The maximum absolute atomic E-state index is 12.8. The Morgan fingerprint density at radius 1 is 0.565 bits per heavy atom. The fourth-order valence-electron chi connectivity index (χ4n) is 6.95. The van der Waals surface area contributed by atoms with Gasteiger partial charge in [0.25, 0.3) is 0 Å². The molecular formula is C53H98N2O6P+. The molecule has 0 radical (unpaired) electrons. The summed E-state index contributed by atoms with van der Waals surface area (Å²) in [6, 6.07) is -0.904. The Hall–Kier alpha value is -2.06. The first-order valence-corrected chi connectivity index (χ1v) is 26.8. The molecule has 62 heavy (non-hydrogen) atoms. The lowest BCUT2D eigenvalue weighted by atomic mass is 10.0. The normalized spacial score (nSPS) is 14.8. The molecule has 0 aromatic rings. The maximum Gasteiger partial charge on any atom is 0.472 e. The van der Waals surface area contributed by atoms with Gasteiger partial charge in [0.15, 0.2) is 0 Å². The summed E-state index contributed by atoms with van der Waals surface area (Å²) in [6.07, 6.45) is 60.3. The van der Waals surface area contributed by atoms with Gasteiger partial charge in [0.1, 0.15) is 13.2 Å². The molecule has 8 nitrogen and oxygen atoms in total. The molecule has 3 unspecified atom stereocenters. The number of hydrogen-bond donors (Lipinski definition) is 3. The summed E-state index contributed by atoms with van der Waals surface area (Å²) in [5.74, 6) is -0.268. The number of carbonyl (C=O) groups is 1. The first-order chi connectivity index (χ1) is 30.0. The van der Waals surface area contributed by atoms with Crippen molar-refractivity contribution in [1.82, 2.24) is 5.32 Å². The van der Waals surface area contributed by atoms with Crippen molar-refractivity contribution >= 4 is 13.7 Å². The van der Waals surface area contributed by atoms with E-state index in [1.807, 2.05) is 39.4 Å². The molecule has 360 valence electrons. The zero-order chi connectivity index (χ0) is 45.7. The second-order valence-corrected chi connectivity index (χ2v) is 19.6. The zero-order valence-electron chi connectivity index (χ0n) is 40.8. The second kappa shape index (κ2) is 44.2. The van der Waals surface area contributed by atoms with Crippen molar-refractivity contribution in [1.29, 1.82) is 0 Å². The number of carbonyl (C=O) groups excluding carboxylic acids is 1. The van der Waals surface area contributed by atoms with Crippen molar-refractivity contribution < 1.29 is 32.9 Å². The molecule has 3 atom stereocenters. The fourth-order valence-corrected chi connectivity index (χ4v) is 7.69. The molecule has 0 aliphatic rings. The van der Waals surface area contributed by atoms with Crippen LogP contribution in [0, 0.1) is 0 Å². The topological polar surface area (TPSA) is 105 Å². The molecule has 9 heteroatoms. The summed E-state index contributed by atoms with van der Waals surface area (Å²) in [7, 11) is 1.50. The van der Waals surface area contributed by atoms with Crippen LogP contribution in [-0.4, -0.2) is 73.4 Å². The molecule has 0 spiro atoms. The smallest absolute Gasteiger partial charge is 0.387 e. The lowest BCUT2D eigenvalue weighted by molar-refractivity contribution is -0.870. The maximum atomic E-state index is 12.8. The number of nitrogens with zero attached hydrogens (tertiary/aromatic N) is 1. The van der Waals surface area contributed by atoms with Gasteiger partial charge in [0.2, 0.25) is 5.91 Å². The second-order valence-electron chi connectivity index (χ2n) is 18.2. The summed E-state index contributed by atoms with van der Waals surface area (Å²) < 4.78 is 23.5. The molecule has 0 bridgehead atoms. The summed E-state index contributed by atoms with van der Waals surface area (Å²) in [4.78, 5) is 23.1. The van der Waals surface area contributed by atoms with Crippen molar-refractivity contribution in [2.45, 2.75) is 219 Å². The first-order valence-electron chi connectivity index (χ1n) is 25.3. The molecule has 0 aliphatic heterocycles. The van der Waals surface area contributed by atoms with Crippen LogP contribution in [0.1, 0.15) is 206 Å². The number of rotatable bonds is 45. The minimum Gasteiger partial charge on any atom is -0.387 e. The SMILES string of the molecule is CC/C=C\C/C=C\C/C=C\C/C=C\CCC(=O)NC(COP(=O)(O)OCC[N+](C)(C)C)C(O)/C=C/CC/C=C/CCCCCCCCCCCCCCCCCCCCCCC. The average Bonchev–Trinajstić information content (AvgIpc) is 3.23. The molecule has 3 N–H and O–H groups in total. The van der Waals surface area contributed by atoms with E-state index >= 15 is 0 Å². The van der Waals surface area contributed by atoms with Crippen molar-refractivity contribution in [2.24, 2.45) is 0 Å². The lowest BCUT2D eigenvalue weighted by Crippen LogP contribution is -2.45. The van der Waals surface area contributed by atoms with E-state index in [1.165, 1.54) is 135 Å². The number of likely N-dealkylation sites (N-methyl/N-ethyl adjacent to an activating group) is 1. The predicted molar refractivity (Wildman–Crippen MR) is 267 cm³/mol. The van der Waals surface area contributed by atoms with E-state index in [4.69, 9.17) is 9.05 Å². The van der Waals surface area contributed by atoms with Gasteiger partial charge in [-0.15, -0.1) is 0 Å². The predicted octanol–water partition coefficient (Wildman–Crippen LogP) is 14.8. The van der Waals surface area contributed by atoms with Gasteiger partial charge in [-0.2, -0.15) is 0 Å². The van der Waals surface area contributed by atoms with Crippen LogP contribution in [-0.2, 0) is 18.4 Å². The highest BCUT2D eigenvalue weighted by Gasteiger charge is 2.27. The molecule has 0 aromatic carbocycles. The zero-order valence-corrected chi connectivity index (χ0v) is 41.7. The van der Waals surface area contributed by atoms with Crippen LogP contribution >= 0.6 is 7.82 Å². The van der Waals surface area contributed by atoms with Crippen LogP contribution in [0.15, 0.2) is 72.9 Å². The van der Waals surface area contributed by atoms with Gasteiger partial charge in [0.05, 0.1) is 39.9 Å². The molecule has 0 fully saturated rings. The number of aliphatic hydroxyl groups excluding tert-OH is 1. The molecule has 0 rings (SSSR count). The molecule has 0 saturated carbocycles. The highest BCUT2D eigenvalue weighted by molar-refractivity contribution is 7.47. The number of phosphoric acid groups is 1. The summed E-state index contributed by atoms with van der Waals surface area (Å²) >= 11 is 0. The molecule has 1 amide bonds. The van der Waals surface area contributed by atoms with Crippen LogP contribution in [0.3, 0.4) is 0 Å². The molecular weight excluding hydrogens is 792 g/mol. The Kier molecular flexibility index (Phi) is 42.7. The fraction of sp³-hybridized carbons (Fsp3) is 0.755. The lowest BCUT2D eigenvalue weighted by Gasteiger charge is -2.25. The third kappa shape index (κ3) is 45.9. The summed E-state index contributed by atoms with van der Waals surface area (Å²) in [6.45, 7) is 4.62. The Labute approximate surface area is 383 Å². The van der Waals surface area contributed by atoms with Crippen LogP contribution in [0.2, 0.25) is 0 Å². The Morgan fingerprint density at radius 3 is 1.47 bits per heavy atom. The third-order valence-corrected chi connectivity index (χ3v) is 11.9. The van der Waals surface area contributed by atoms with Crippen LogP contribution in [0.4, 0.5) is 0 Å². The number of nitrogens with one attached hydrogen (secondary N) is 1. The van der Waals surface area contributed by atoms with Gasteiger partial charge < -0.3 is 19.8 Å². The number of aliphatic hydroxyl groups is 1. The average molecular weight is 890 g/mol. The van der Waals surface area contributed by atoms with E-state index in [9.17, 15) is 19.4 Å². The van der Waals surface area contributed by atoms with E-state index in [1.54, 1.807) is 6.08 Å². The molecule has 0 aliphatic carbocycles. The summed E-state index contributed by atoms with van der Waals surface area (Å²) in [5.41, 5.74) is 0. The highest BCUT2D eigenvalue weighted by Crippen LogP contribution is 2.43. The van der Waals surface area contributed by atoms with Crippen LogP contribution < -0.4 is 5.32 Å². The van der Waals surface area contributed by atoms with Crippen molar-refractivity contribution in [3.63, 3.8) is 0 Å². The highest BCUT2D eigenvalue weighted by atomic mass is 31.2. The van der Waals surface area contributed by atoms with Crippen molar-refractivity contribution in [3.8, 4) is 0 Å². The Bertz CT molecular complexity index is 1240. The largest absolute Gasteiger partial charge is 0.472 e. The van der Waals surface area contributed by atoms with Crippen molar-refractivity contribution in [3.05, 3.63) is 72.9 Å². The van der Waals surface area contributed by atoms with E-state index in [2.05, 4.69) is 67.8 Å². The number of unbranched alkanes of at least 4 members (excludes halogenated alkanes) is 22. The van der Waals surface area contributed by atoms with E-state index in [0.717, 1.165) is 44.9 Å². The molecule has 0 heterocycles. The number of hydrogen-bond acceptors (Lipinski definition) is 5. The van der Waals surface area contributed by atoms with Gasteiger partial charge in [-0.1, -0.05) is 215 Å². The number of allylic oxidation sites excluding steroid dienone is 11. The van der Waals surface area contributed by atoms with Crippen molar-refractivity contribution in [2.75, 3.05) is 40.9 Å². The van der Waals surface area contributed by atoms with Gasteiger partial charge in [-0.3, -0.25) is 13.8 Å². The number of quaternary nitrogens is 1. The quantitative estimate of drug-likeness (QED) is 0.0243. The molecule has 0 aromatic heterocycles. The first kappa shape index (κ1) is 59.9. The summed E-state index contributed by atoms with van der Waals surface area (Å²) in [5, 5.41) is 13.8. The van der Waals surface area contributed by atoms with Crippen LogP contribution in [0.25, 0.3) is 0 Å². The third-order valence-electron chi connectivity index (χ3n) is 10.9. The van der Waals surface area contributed by atoms with Crippen LogP contribution in [0.5, 0.6) is 0 Å². The number of amides is 1. The molecule has 0 saturated heterocycles. The van der Waals surface area contributed by atoms with E-state index < -0.39 is 20.0 Å². The van der Waals surface area contributed by atoms with Gasteiger partial charge in [-0.25, -0.2) is 4.57 Å². The standard InChI is InChI=1S/C53H97N2O6P/c1-6-8-10-12-14-16-18-20-21-22-23-24-25-26-27-28-29-30-31-32-33-35-36-38-40-42-44-46-52(56)51(50-61-62(58,59)60-49-48-55(3,4)5)54-53(57)47-45-43-41-39-37-34-19-17-15-13-11-9-7-2/h9,11,15,17,34,36-38,41,43-44,46,51-52,56H,6-8,10,12-14,16,18-33,35,39-40,42,45,47-50H2,1-5H3,(H-,54,57,58,59)/p+1/b11-9-,17-15-,37-34-,38-36+,43-41-,46-44+. The Morgan fingerprint density at radius 2 is 0.984 bits per heavy atom. The van der Waals surface area contributed by atoms with Gasteiger partial charge in [-0.05, 0) is 57.8 Å².